The fourth-order valence-electron chi connectivity index (χ4n) is 3.82. The van der Waals surface area contributed by atoms with Crippen molar-refractivity contribution in [2.45, 2.75) is 26.2 Å². The van der Waals surface area contributed by atoms with Crippen LogP contribution in [0.15, 0.2) is 40.3 Å². The predicted molar refractivity (Wildman–Crippen MR) is 130 cm³/mol. The second kappa shape index (κ2) is 9.44. The highest BCUT2D eigenvalue weighted by atomic mass is 35.5. The van der Waals surface area contributed by atoms with E-state index in [0.717, 1.165) is 29.7 Å². The number of anilines is 1. The highest BCUT2D eigenvalue weighted by Crippen LogP contribution is 2.39. The van der Waals surface area contributed by atoms with Gasteiger partial charge in [-0.3, -0.25) is 9.59 Å². The molecule has 33 heavy (non-hydrogen) atoms. The van der Waals surface area contributed by atoms with E-state index >= 15 is 0 Å². The molecule has 1 aromatic carbocycles. The minimum absolute atomic E-state index is 0.178. The molecular weight excluding hydrogens is 481 g/mol. The lowest BCUT2D eigenvalue weighted by molar-refractivity contribution is -0.112. The fourth-order valence-corrected chi connectivity index (χ4v) is 5.62. The largest absolute Gasteiger partial charge is 0.457 e. The van der Waals surface area contributed by atoms with Gasteiger partial charge in [0.25, 0.3) is 11.8 Å². The number of hydrogen-bond donors (Lipinski definition) is 2. The number of carbonyl (C=O) groups is 2. The molecule has 0 bridgehead atoms. The van der Waals surface area contributed by atoms with Crippen molar-refractivity contribution in [2.24, 2.45) is 11.7 Å². The summed E-state index contributed by atoms with van der Waals surface area (Å²) in [6.07, 6.45) is 3.86. The molecule has 0 spiro atoms. The van der Waals surface area contributed by atoms with Gasteiger partial charge in [0.1, 0.15) is 28.2 Å². The third-order valence-corrected chi connectivity index (χ3v) is 7.19. The molecule has 0 saturated heterocycles. The molecule has 1 aliphatic carbocycles. The molecule has 0 radical (unpaired) electrons. The van der Waals surface area contributed by atoms with Crippen LogP contribution < -0.4 is 11.1 Å². The summed E-state index contributed by atoms with van der Waals surface area (Å²) in [6.45, 7) is 2.15. The van der Waals surface area contributed by atoms with Gasteiger partial charge in [0, 0.05) is 21.5 Å². The number of hydrogen-bond acceptors (Lipinski definition) is 5. The number of nitriles is 1. The molecule has 9 heteroatoms. The van der Waals surface area contributed by atoms with E-state index in [1.807, 2.05) is 6.07 Å². The van der Waals surface area contributed by atoms with Gasteiger partial charge >= 0.3 is 0 Å². The molecule has 168 valence electrons. The third kappa shape index (κ3) is 4.83. The smallest absolute Gasteiger partial charge is 0.267 e. The quantitative estimate of drug-likeness (QED) is 0.327. The van der Waals surface area contributed by atoms with Crippen LogP contribution >= 0.6 is 34.5 Å². The van der Waals surface area contributed by atoms with Gasteiger partial charge in [-0.1, -0.05) is 30.1 Å². The maximum Gasteiger partial charge on any atom is 0.267 e. The molecule has 6 nitrogen and oxygen atoms in total. The van der Waals surface area contributed by atoms with Crippen LogP contribution in [0.3, 0.4) is 0 Å². The van der Waals surface area contributed by atoms with E-state index in [1.54, 1.807) is 30.3 Å². The Morgan fingerprint density at radius 1 is 1.30 bits per heavy atom. The van der Waals surface area contributed by atoms with Crippen LogP contribution in [0.1, 0.15) is 39.9 Å². The number of benzene rings is 1. The maximum absolute atomic E-state index is 12.8. The molecular formula is C24H19Cl2N3O3S. The van der Waals surface area contributed by atoms with Crippen molar-refractivity contribution in [2.75, 3.05) is 5.32 Å². The lowest BCUT2D eigenvalue weighted by Crippen LogP contribution is -2.19. The Morgan fingerprint density at radius 2 is 2.09 bits per heavy atom. The number of thiophene rings is 1. The number of nitrogens with two attached hydrogens (primary N) is 1. The first kappa shape index (κ1) is 23.1. The Bertz CT molecular complexity index is 1330. The van der Waals surface area contributed by atoms with Crippen LogP contribution in [0.2, 0.25) is 10.0 Å². The topological polar surface area (TPSA) is 109 Å². The van der Waals surface area contributed by atoms with Gasteiger partial charge in [0.05, 0.1) is 10.6 Å². The standard InChI is InChI=1S/C24H19Cl2N3O3S/c1-12-2-5-16-20(8-12)33-24(21(16)22(28)30)29-23(31)13(11-27)9-15-4-7-19(32-15)17-10-14(25)3-6-18(17)26/h3-4,6-7,9-10,12H,2,5,8H2,1H3,(H2,28,30)(H,29,31). The molecule has 0 aliphatic heterocycles. The molecule has 1 atom stereocenters. The van der Waals surface area contributed by atoms with E-state index in [0.29, 0.717) is 43.6 Å². The highest BCUT2D eigenvalue weighted by Gasteiger charge is 2.27. The van der Waals surface area contributed by atoms with E-state index < -0.39 is 11.8 Å². The maximum atomic E-state index is 12.8. The van der Waals surface area contributed by atoms with Crippen LogP contribution in [0.25, 0.3) is 17.4 Å². The molecule has 2 amide bonds. The first-order chi connectivity index (χ1) is 15.8. The summed E-state index contributed by atoms with van der Waals surface area (Å²) in [7, 11) is 0. The average molecular weight is 500 g/mol. The highest BCUT2D eigenvalue weighted by molar-refractivity contribution is 7.17. The molecule has 1 unspecified atom stereocenters. The Morgan fingerprint density at radius 3 is 2.82 bits per heavy atom. The molecule has 2 aromatic heterocycles. The van der Waals surface area contributed by atoms with Crippen molar-refractivity contribution in [3.05, 3.63) is 67.7 Å². The summed E-state index contributed by atoms with van der Waals surface area (Å²) in [4.78, 5) is 26.0. The molecule has 0 saturated carbocycles. The Hall–Kier alpha value is -3.05. The predicted octanol–water partition coefficient (Wildman–Crippen LogP) is 6.08. The number of rotatable bonds is 5. The van der Waals surface area contributed by atoms with Gasteiger partial charge in [-0.05, 0) is 61.1 Å². The van der Waals surface area contributed by atoms with Crippen molar-refractivity contribution in [1.82, 2.24) is 0 Å². The van der Waals surface area contributed by atoms with E-state index in [1.165, 1.54) is 17.4 Å². The monoisotopic (exact) mass is 499 g/mol. The number of nitrogens with one attached hydrogen (secondary N) is 1. The van der Waals surface area contributed by atoms with Crippen LogP contribution in [0, 0.1) is 17.2 Å². The van der Waals surface area contributed by atoms with Gasteiger partial charge < -0.3 is 15.5 Å². The molecule has 3 N–H and O–H groups in total. The summed E-state index contributed by atoms with van der Waals surface area (Å²) < 4.78 is 5.76. The van der Waals surface area contributed by atoms with Crippen LogP contribution in [0.5, 0.6) is 0 Å². The van der Waals surface area contributed by atoms with Crippen molar-refractivity contribution in [3.63, 3.8) is 0 Å². The lowest BCUT2D eigenvalue weighted by Gasteiger charge is -2.18. The summed E-state index contributed by atoms with van der Waals surface area (Å²) in [5.41, 5.74) is 7.26. The Kier molecular flexibility index (Phi) is 6.61. The first-order valence-electron chi connectivity index (χ1n) is 10.2. The molecule has 2 heterocycles. The van der Waals surface area contributed by atoms with Gasteiger partial charge in [-0.25, -0.2) is 0 Å². The van der Waals surface area contributed by atoms with Gasteiger partial charge in [-0.2, -0.15) is 5.26 Å². The number of furan rings is 1. The van der Waals surface area contributed by atoms with Crippen LogP contribution in [-0.4, -0.2) is 11.8 Å². The van der Waals surface area contributed by atoms with E-state index in [4.69, 9.17) is 33.4 Å². The number of nitrogens with zero attached hydrogens (tertiary/aromatic N) is 1. The van der Waals surface area contributed by atoms with Crippen molar-refractivity contribution in [1.29, 1.82) is 5.26 Å². The fraction of sp³-hybridized carbons (Fsp3) is 0.208. The summed E-state index contributed by atoms with van der Waals surface area (Å²) in [5.74, 6) is 0.000113. The number of halogens is 2. The molecule has 0 fully saturated rings. The minimum atomic E-state index is -0.648. The van der Waals surface area contributed by atoms with Crippen LogP contribution in [-0.2, 0) is 17.6 Å². The second-order valence-corrected chi connectivity index (χ2v) is 9.82. The summed E-state index contributed by atoms with van der Waals surface area (Å²) in [5, 5.41) is 13.6. The summed E-state index contributed by atoms with van der Waals surface area (Å²) in [6, 6.07) is 10.2. The third-order valence-electron chi connectivity index (χ3n) is 5.46. The van der Waals surface area contributed by atoms with E-state index in [9.17, 15) is 14.9 Å². The summed E-state index contributed by atoms with van der Waals surface area (Å²) >= 11 is 13.6. The number of amides is 2. The van der Waals surface area contributed by atoms with Crippen molar-refractivity contribution >= 4 is 57.4 Å². The SMILES string of the molecule is CC1CCc2c(sc(NC(=O)C(C#N)=Cc3ccc(-c4cc(Cl)ccc4Cl)o3)c2C(N)=O)C1. The average Bonchev–Trinajstić information content (AvgIpc) is 3.37. The number of carbonyl (C=O) groups excluding carboxylic acids is 2. The lowest BCUT2D eigenvalue weighted by atomic mass is 9.88. The second-order valence-electron chi connectivity index (χ2n) is 7.87. The Labute approximate surface area is 204 Å². The Balaban J connectivity index is 1.60. The van der Waals surface area contributed by atoms with E-state index in [2.05, 4.69) is 12.2 Å². The first-order valence-corrected chi connectivity index (χ1v) is 11.8. The zero-order valence-electron chi connectivity index (χ0n) is 17.6. The normalized spacial score (nSPS) is 15.6. The van der Waals surface area contributed by atoms with Crippen LogP contribution in [0.4, 0.5) is 5.00 Å². The molecule has 1 aliphatic rings. The molecule has 4 rings (SSSR count). The van der Waals surface area contributed by atoms with Gasteiger partial charge in [0.2, 0.25) is 0 Å². The zero-order valence-corrected chi connectivity index (χ0v) is 19.9. The number of fused-ring (bicyclic) bond motifs is 1. The zero-order chi connectivity index (χ0) is 23.7. The molecule has 3 aromatic rings. The van der Waals surface area contributed by atoms with Gasteiger partial charge in [-0.15, -0.1) is 11.3 Å². The van der Waals surface area contributed by atoms with E-state index in [-0.39, 0.29) is 5.57 Å². The minimum Gasteiger partial charge on any atom is -0.457 e. The van der Waals surface area contributed by atoms with Crippen molar-refractivity contribution in [3.8, 4) is 17.4 Å². The van der Waals surface area contributed by atoms with Gasteiger partial charge in [0.15, 0.2) is 0 Å². The number of primary amides is 1. The van der Waals surface area contributed by atoms with Crippen molar-refractivity contribution < 1.29 is 14.0 Å².